The van der Waals surface area contributed by atoms with Gasteiger partial charge in [0.15, 0.2) is 0 Å². The van der Waals surface area contributed by atoms with E-state index in [9.17, 15) is 4.79 Å². The molecule has 3 heteroatoms. The van der Waals surface area contributed by atoms with Crippen LogP contribution in [0.2, 0.25) is 0 Å². The van der Waals surface area contributed by atoms with Gasteiger partial charge in [-0.25, -0.2) is 0 Å². The molecule has 3 nitrogen and oxygen atoms in total. The van der Waals surface area contributed by atoms with E-state index in [1.807, 2.05) is 54.6 Å². The van der Waals surface area contributed by atoms with Crippen LogP contribution in [0.4, 0.5) is 5.69 Å². The van der Waals surface area contributed by atoms with Crippen LogP contribution in [0.5, 0.6) is 5.75 Å². The molecule has 0 unspecified atom stereocenters. The first-order valence-electron chi connectivity index (χ1n) is 10.1. The first-order chi connectivity index (χ1) is 13.9. The van der Waals surface area contributed by atoms with Crippen LogP contribution in [0.3, 0.4) is 0 Å². The molecular weight excluding hydrogens is 358 g/mol. The Morgan fingerprint density at radius 2 is 1.62 bits per heavy atom. The highest BCUT2D eigenvalue weighted by Crippen LogP contribution is 2.23. The number of hydrogen-bond donors (Lipinski definition) is 1. The van der Waals surface area contributed by atoms with Crippen LogP contribution in [-0.2, 0) is 11.8 Å². The molecular formula is C26H29NO2. The van der Waals surface area contributed by atoms with E-state index in [4.69, 9.17) is 4.74 Å². The second-order valence-corrected chi connectivity index (χ2v) is 8.25. The fraction of sp³-hybridized carbons (Fsp3) is 0.269. The summed E-state index contributed by atoms with van der Waals surface area (Å²) in [4.78, 5) is 12.6. The van der Waals surface area contributed by atoms with E-state index in [1.165, 1.54) is 11.1 Å². The van der Waals surface area contributed by atoms with Gasteiger partial charge in [0.1, 0.15) is 5.75 Å². The zero-order chi connectivity index (χ0) is 20.7. The largest absolute Gasteiger partial charge is 0.494 e. The van der Waals surface area contributed by atoms with E-state index in [-0.39, 0.29) is 11.3 Å². The summed E-state index contributed by atoms with van der Waals surface area (Å²) in [6.45, 7) is 7.12. The number of hydrogen-bond acceptors (Lipinski definition) is 2. The molecule has 1 amide bonds. The normalized spacial score (nSPS) is 11.1. The molecule has 0 bridgehead atoms. The zero-order valence-electron chi connectivity index (χ0n) is 17.4. The van der Waals surface area contributed by atoms with E-state index in [0.717, 1.165) is 24.3 Å². The van der Waals surface area contributed by atoms with Gasteiger partial charge in [0.25, 0.3) is 5.91 Å². The lowest BCUT2D eigenvalue weighted by atomic mass is 9.87. The summed E-state index contributed by atoms with van der Waals surface area (Å²) < 4.78 is 5.86. The Morgan fingerprint density at radius 3 is 2.31 bits per heavy atom. The number of nitrogens with one attached hydrogen (secondary N) is 1. The molecule has 0 aliphatic carbocycles. The third kappa shape index (κ3) is 6.21. The smallest absolute Gasteiger partial charge is 0.255 e. The number of rotatable bonds is 7. The van der Waals surface area contributed by atoms with Gasteiger partial charge in [0.05, 0.1) is 6.61 Å². The molecule has 29 heavy (non-hydrogen) atoms. The monoisotopic (exact) mass is 387 g/mol. The Bertz CT molecular complexity index is 925. The molecule has 3 rings (SSSR count). The summed E-state index contributed by atoms with van der Waals surface area (Å²) in [6.07, 6.45) is 1.93. The number of carbonyl (C=O) groups is 1. The summed E-state index contributed by atoms with van der Waals surface area (Å²) in [7, 11) is 0. The van der Waals surface area contributed by atoms with Crippen molar-refractivity contribution in [2.75, 3.05) is 11.9 Å². The minimum Gasteiger partial charge on any atom is -0.494 e. The van der Waals surface area contributed by atoms with Crippen molar-refractivity contribution in [3.05, 3.63) is 95.6 Å². The SMILES string of the molecule is CC(C)(C)c1ccc(C(=O)Nc2cccc(OCCCc3ccccc3)c2)cc1. The van der Waals surface area contributed by atoms with Crippen molar-refractivity contribution in [1.29, 1.82) is 0 Å². The number of anilines is 1. The van der Waals surface area contributed by atoms with Crippen LogP contribution in [0.1, 0.15) is 48.7 Å². The maximum absolute atomic E-state index is 12.6. The Kier molecular flexibility index (Phi) is 6.71. The highest BCUT2D eigenvalue weighted by Gasteiger charge is 2.14. The second-order valence-electron chi connectivity index (χ2n) is 8.25. The Hall–Kier alpha value is -3.07. The van der Waals surface area contributed by atoms with Crippen molar-refractivity contribution in [3.63, 3.8) is 0 Å². The number of ether oxygens (including phenoxy) is 1. The molecule has 1 N–H and O–H groups in total. The summed E-state index contributed by atoms with van der Waals surface area (Å²) in [6, 6.07) is 25.7. The first kappa shape index (κ1) is 20.7. The minimum atomic E-state index is -0.119. The summed E-state index contributed by atoms with van der Waals surface area (Å²) in [5.74, 6) is 0.644. The summed E-state index contributed by atoms with van der Waals surface area (Å²) >= 11 is 0. The van der Waals surface area contributed by atoms with Crippen LogP contribution in [0.15, 0.2) is 78.9 Å². The van der Waals surface area contributed by atoms with Crippen molar-refractivity contribution in [2.45, 2.75) is 39.0 Å². The lowest BCUT2D eigenvalue weighted by molar-refractivity contribution is 0.102. The molecule has 0 aromatic heterocycles. The van der Waals surface area contributed by atoms with Gasteiger partial charge in [-0.15, -0.1) is 0 Å². The van der Waals surface area contributed by atoms with Gasteiger partial charge in [-0.1, -0.05) is 69.3 Å². The van der Waals surface area contributed by atoms with E-state index in [0.29, 0.717) is 12.2 Å². The molecule has 0 fully saturated rings. The second kappa shape index (κ2) is 9.42. The predicted molar refractivity (Wildman–Crippen MR) is 120 cm³/mol. The Labute approximate surface area is 173 Å². The molecule has 3 aromatic carbocycles. The molecule has 0 spiro atoms. The quantitative estimate of drug-likeness (QED) is 0.487. The van der Waals surface area contributed by atoms with Crippen LogP contribution in [-0.4, -0.2) is 12.5 Å². The lowest BCUT2D eigenvalue weighted by Gasteiger charge is -2.19. The first-order valence-corrected chi connectivity index (χ1v) is 10.1. The van der Waals surface area contributed by atoms with Crippen molar-refractivity contribution in [2.24, 2.45) is 0 Å². The summed E-state index contributed by atoms with van der Waals surface area (Å²) in [5.41, 5.74) is 3.97. The van der Waals surface area contributed by atoms with E-state index in [1.54, 1.807) is 0 Å². The van der Waals surface area contributed by atoms with Gasteiger partial charge in [-0.3, -0.25) is 4.79 Å². The number of carbonyl (C=O) groups excluding carboxylic acids is 1. The molecule has 150 valence electrons. The fourth-order valence-corrected chi connectivity index (χ4v) is 3.10. The van der Waals surface area contributed by atoms with Crippen LogP contribution in [0, 0.1) is 0 Å². The molecule has 0 saturated heterocycles. The van der Waals surface area contributed by atoms with E-state index in [2.05, 4.69) is 50.4 Å². The van der Waals surface area contributed by atoms with E-state index >= 15 is 0 Å². The van der Waals surface area contributed by atoms with Crippen LogP contribution in [0.25, 0.3) is 0 Å². The Balaban J connectivity index is 1.53. The molecule has 0 saturated carbocycles. The Morgan fingerprint density at radius 1 is 0.897 bits per heavy atom. The van der Waals surface area contributed by atoms with Crippen molar-refractivity contribution in [3.8, 4) is 5.75 Å². The predicted octanol–water partition coefficient (Wildman–Crippen LogP) is 6.25. The fourth-order valence-electron chi connectivity index (χ4n) is 3.10. The average Bonchev–Trinajstić information content (AvgIpc) is 2.72. The maximum atomic E-state index is 12.6. The molecule has 0 atom stereocenters. The van der Waals surface area contributed by atoms with Gasteiger partial charge in [-0.2, -0.15) is 0 Å². The zero-order valence-corrected chi connectivity index (χ0v) is 17.4. The number of amides is 1. The highest BCUT2D eigenvalue weighted by atomic mass is 16.5. The number of aryl methyl sites for hydroxylation is 1. The van der Waals surface area contributed by atoms with Crippen LogP contribution < -0.4 is 10.1 Å². The standard InChI is InChI=1S/C26H29NO2/c1-26(2,3)22-16-14-21(15-17-22)25(28)27-23-12-7-13-24(19-23)29-18-8-11-20-9-5-4-6-10-20/h4-7,9-10,12-17,19H,8,11,18H2,1-3H3,(H,27,28). The topological polar surface area (TPSA) is 38.3 Å². The molecule has 0 radical (unpaired) electrons. The molecule has 0 aliphatic heterocycles. The molecule has 0 heterocycles. The third-order valence-electron chi connectivity index (χ3n) is 4.83. The van der Waals surface area contributed by atoms with Crippen molar-refractivity contribution < 1.29 is 9.53 Å². The average molecular weight is 388 g/mol. The van der Waals surface area contributed by atoms with Crippen molar-refractivity contribution in [1.82, 2.24) is 0 Å². The van der Waals surface area contributed by atoms with Gasteiger partial charge in [-0.05, 0) is 53.6 Å². The van der Waals surface area contributed by atoms with Crippen LogP contribution >= 0.6 is 0 Å². The van der Waals surface area contributed by atoms with Gasteiger partial charge >= 0.3 is 0 Å². The van der Waals surface area contributed by atoms with Gasteiger partial charge < -0.3 is 10.1 Å². The maximum Gasteiger partial charge on any atom is 0.255 e. The molecule has 3 aromatic rings. The van der Waals surface area contributed by atoms with Gasteiger partial charge in [0, 0.05) is 17.3 Å². The summed E-state index contributed by atoms with van der Waals surface area (Å²) in [5, 5.41) is 2.95. The van der Waals surface area contributed by atoms with Gasteiger partial charge in [0.2, 0.25) is 0 Å². The minimum absolute atomic E-state index is 0.0706. The lowest BCUT2D eigenvalue weighted by Crippen LogP contribution is -2.14. The van der Waals surface area contributed by atoms with Crippen molar-refractivity contribution >= 4 is 11.6 Å². The number of benzene rings is 3. The highest BCUT2D eigenvalue weighted by molar-refractivity contribution is 6.04. The third-order valence-corrected chi connectivity index (χ3v) is 4.83. The van der Waals surface area contributed by atoms with E-state index < -0.39 is 0 Å². The molecule has 0 aliphatic rings.